The second-order valence-corrected chi connectivity index (χ2v) is 6.22. The van der Waals surface area contributed by atoms with Crippen LogP contribution in [0.4, 0.5) is 5.95 Å². The van der Waals surface area contributed by atoms with Gasteiger partial charge in [0, 0.05) is 37.8 Å². The molecule has 0 radical (unpaired) electrons. The van der Waals surface area contributed by atoms with Crippen LogP contribution in [0.2, 0.25) is 0 Å². The maximum Gasteiger partial charge on any atom is 0.227 e. The van der Waals surface area contributed by atoms with E-state index < -0.39 is 6.23 Å². The van der Waals surface area contributed by atoms with Crippen molar-refractivity contribution in [2.45, 2.75) is 13.2 Å². The van der Waals surface area contributed by atoms with E-state index in [-0.39, 0.29) is 6.54 Å². The van der Waals surface area contributed by atoms with Crippen LogP contribution in [0.15, 0.2) is 55.0 Å². The topological polar surface area (TPSA) is 97.1 Å². The molecule has 2 rings (SSSR count). The number of anilines is 1. The minimum absolute atomic E-state index is 0.0785. The Hall–Kier alpha value is -3.21. The van der Waals surface area contributed by atoms with Crippen LogP contribution in [0.3, 0.4) is 0 Å². The normalized spacial score (nSPS) is 11.8. The molecule has 27 heavy (non-hydrogen) atoms. The molecule has 1 unspecified atom stereocenters. The maximum atomic E-state index is 9.98. The van der Waals surface area contributed by atoms with Gasteiger partial charge in [0.05, 0.1) is 18.3 Å². The maximum absolute atomic E-state index is 9.98. The first-order chi connectivity index (χ1) is 12.9. The first-order valence-corrected chi connectivity index (χ1v) is 8.43. The molecule has 1 aromatic carbocycles. The molecule has 0 saturated carbocycles. The molecule has 0 spiro atoms. The van der Waals surface area contributed by atoms with Gasteiger partial charge in [-0.15, -0.1) is 0 Å². The van der Waals surface area contributed by atoms with E-state index in [1.807, 2.05) is 56.4 Å². The standard InChI is InChI=1S/C20H24N6O/c1-14-13-23-20(24-15(2)9-12-26(3)4)25-18(14)16-5-7-17(8-6-16)19(27)22-11-10-21/h5-9,12-13,19,22,27H,2,11H2,1,3-4H3,(H,23,24,25)/b12-9-. The van der Waals surface area contributed by atoms with Crippen LogP contribution in [0.25, 0.3) is 11.3 Å². The second kappa shape index (κ2) is 9.48. The van der Waals surface area contributed by atoms with Crippen molar-refractivity contribution in [3.8, 4) is 17.3 Å². The highest BCUT2D eigenvalue weighted by Crippen LogP contribution is 2.24. The monoisotopic (exact) mass is 364 g/mol. The third-order valence-electron chi connectivity index (χ3n) is 3.69. The van der Waals surface area contributed by atoms with Crippen molar-refractivity contribution in [2.24, 2.45) is 0 Å². The molecule has 0 bridgehead atoms. The Balaban J connectivity index is 2.18. The molecular formula is C20H24N6O. The summed E-state index contributed by atoms with van der Waals surface area (Å²) in [5.74, 6) is 0.462. The van der Waals surface area contributed by atoms with E-state index >= 15 is 0 Å². The Bertz CT molecular complexity index is 852. The van der Waals surface area contributed by atoms with Crippen LogP contribution in [-0.2, 0) is 0 Å². The van der Waals surface area contributed by atoms with Gasteiger partial charge in [0.15, 0.2) is 0 Å². The first-order valence-electron chi connectivity index (χ1n) is 8.43. The molecule has 7 heteroatoms. The average molecular weight is 364 g/mol. The predicted octanol–water partition coefficient (Wildman–Crippen LogP) is 2.56. The SMILES string of the molecule is C=C(/C=C\N(C)C)Nc1ncc(C)c(-c2ccc(C(O)NCC#N)cc2)n1. The highest BCUT2D eigenvalue weighted by Gasteiger charge is 2.10. The third-order valence-corrected chi connectivity index (χ3v) is 3.69. The number of allylic oxidation sites excluding steroid dienone is 1. The number of nitrogens with one attached hydrogen (secondary N) is 2. The number of aliphatic hydroxyl groups excluding tert-OH is 1. The number of hydrogen-bond donors (Lipinski definition) is 3. The summed E-state index contributed by atoms with van der Waals surface area (Å²) in [4.78, 5) is 10.8. The molecule has 2 aromatic rings. The Morgan fingerprint density at radius 1 is 1.37 bits per heavy atom. The van der Waals surface area contributed by atoms with E-state index in [1.165, 1.54) is 0 Å². The summed E-state index contributed by atoms with van der Waals surface area (Å²) in [6.45, 7) is 5.96. The molecule has 7 nitrogen and oxygen atoms in total. The van der Waals surface area contributed by atoms with Gasteiger partial charge in [0.1, 0.15) is 6.23 Å². The highest BCUT2D eigenvalue weighted by molar-refractivity contribution is 5.64. The van der Waals surface area contributed by atoms with Gasteiger partial charge in [-0.05, 0) is 24.1 Å². The van der Waals surface area contributed by atoms with Crippen LogP contribution >= 0.6 is 0 Å². The van der Waals surface area contributed by atoms with Crippen LogP contribution in [-0.4, -0.2) is 40.6 Å². The summed E-state index contributed by atoms with van der Waals surface area (Å²) < 4.78 is 0. The summed E-state index contributed by atoms with van der Waals surface area (Å²) in [5.41, 5.74) is 4.00. The molecule has 1 aromatic heterocycles. The number of hydrogen-bond acceptors (Lipinski definition) is 7. The molecule has 0 amide bonds. The lowest BCUT2D eigenvalue weighted by Crippen LogP contribution is -2.20. The minimum atomic E-state index is -0.880. The number of rotatable bonds is 8. The summed E-state index contributed by atoms with van der Waals surface area (Å²) in [6, 6.07) is 9.31. The fraction of sp³-hybridized carbons (Fsp3) is 0.250. The fourth-order valence-electron chi connectivity index (χ4n) is 2.30. The lowest BCUT2D eigenvalue weighted by molar-refractivity contribution is 0.144. The Morgan fingerprint density at radius 3 is 2.70 bits per heavy atom. The number of nitriles is 1. The molecular weight excluding hydrogens is 340 g/mol. The van der Waals surface area contributed by atoms with E-state index in [1.54, 1.807) is 18.3 Å². The number of aliphatic hydroxyl groups is 1. The fourth-order valence-corrected chi connectivity index (χ4v) is 2.30. The van der Waals surface area contributed by atoms with Crippen molar-refractivity contribution in [1.29, 1.82) is 5.26 Å². The lowest BCUT2D eigenvalue weighted by Gasteiger charge is -2.13. The van der Waals surface area contributed by atoms with Gasteiger partial charge < -0.3 is 15.3 Å². The lowest BCUT2D eigenvalue weighted by atomic mass is 10.1. The van der Waals surface area contributed by atoms with Gasteiger partial charge in [-0.2, -0.15) is 5.26 Å². The zero-order valence-corrected chi connectivity index (χ0v) is 15.8. The number of aryl methyl sites for hydroxylation is 1. The smallest absolute Gasteiger partial charge is 0.227 e. The Morgan fingerprint density at radius 2 is 2.07 bits per heavy atom. The van der Waals surface area contributed by atoms with E-state index in [9.17, 15) is 5.11 Å². The molecule has 1 atom stereocenters. The van der Waals surface area contributed by atoms with E-state index in [0.29, 0.717) is 17.2 Å². The average Bonchev–Trinajstić information content (AvgIpc) is 2.66. The number of aromatic nitrogens is 2. The summed E-state index contributed by atoms with van der Waals surface area (Å²) in [5, 5.41) is 24.3. The molecule has 0 aliphatic carbocycles. The quantitative estimate of drug-likeness (QED) is 0.376. The van der Waals surface area contributed by atoms with Crippen LogP contribution in [0, 0.1) is 18.3 Å². The van der Waals surface area contributed by atoms with E-state index in [2.05, 4.69) is 27.2 Å². The van der Waals surface area contributed by atoms with Gasteiger partial charge in [-0.3, -0.25) is 5.32 Å². The van der Waals surface area contributed by atoms with Gasteiger partial charge in [0.25, 0.3) is 0 Å². The molecule has 0 fully saturated rings. The van der Waals surface area contributed by atoms with Gasteiger partial charge in [-0.25, -0.2) is 9.97 Å². The molecule has 0 saturated heterocycles. The summed E-state index contributed by atoms with van der Waals surface area (Å²) in [7, 11) is 3.86. The molecule has 0 aliphatic heterocycles. The largest absolute Gasteiger partial charge is 0.383 e. The van der Waals surface area contributed by atoms with Crippen molar-refractivity contribution in [3.63, 3.8) is 0 Å². The zero-order valence-electron chi connectivity index (χ0n) is 15.8. The van der Waals surface area contributed by atoms with Crippen molar-refractivity contribution in [3.05, 3.63) is 66.1 Å². The summed E-state index contributed by atoms with van der Waals surface area (Å²) in [6.07, 6.45) is 4.60. The van der Waals surface area contributed by atoms with E-state index in [4.69, 9.17) is 5.26 Å². The summed E-state index contributed by atoms with van der Waals surface area (Å²) >= 11 is 0. The molecule has 1 heterocycles. The molecule has 3 N–H and O–H groups in total. The van der Waals surface area contributed by atoms with Crippen molar-refractivity contribution in [1.82, 2.24) is 20.2 Å². The van der Waals surface area contributed by atoms with Crippen LogP contribution < -0.4 is 10.6 Å². The molecule has 140 valence electrons. The minimum Gasteiger partial charge on any atom is -0.383 e. The van der Waals surface area contributed by atoms with Crippen molar-refractivity contribution in [2.75, 3.05) is 26.0 Å². The number of nitrogens with zero attached hydrogens (tertiary/aromatic N) is 4. The van der Waals surface area contributed by atoms with Gasteiger partial charge in [0.2, 0.25) is 5.95 Å². The van der Waals surface area contributed by atoms with E-state index in [0.717, 1.165) is 16.8 Å². The van der Waals surface area contributed by atoms with Crippen LogP contribution in [0.5, 0.6) is 0 Å². The van der Waals surface area contributed by atoms with Crippen molar-refractivity contribution >= 4 is 5.95 Å². The third kappa shape index (κ3) is 5.92. The van der Waals surface area contributed by atoms with Crippen molar-refractivity contribution < 1.29 is 5.11 Å². The Kier molecular flexibility index (Phi) is 7.06. The van der Waals surface area contributed by atoms with Gasteiger partial charge >= 0.3 is 0 Å². The molecule has 0 aliphatic rings. The van der Waals surface area contributed by atoms with Crippen LogP contribution in [0.1, 0.15) is 17.4 Å². The predicted molar refractivity (Wildman–Crippen MR) is 106 cm³/mol. The van der Waals surface area contributed by atoms with Gasteiger partial charge in [-0.1, -0.05) is 30.8 Å². The number of benzene rings is 1. The highest BCUT2D eigenvalue weighted by atomic mass is 16.3. The first kappa shape index (κ1) is 20.1. The second-order valence-electron chi connectivity index (χ2n) is 6.22. The Labute approximate surface area is 159 Å². The zero-order chi connectivity index (χ0) is 19.8.